The molecule has 0 spiro atoms. The molecule has 0 amide bonds. The van der Waals surface area contributed by atoms with E-state index in [1.807, 2.05) is 0 Å². The smallest absolute Gasteiger partial charge is 0.422 e. The molecule has 3 heterocycles. The normalized spacial score (nSPS) is 12.1. The lowest BCUT2D eigenvalue weighted by atomic mass is 10.2. The predicted octanol–water partition coefficient (Wildman–Crippen LogP) is 3.29. The van der Waals surface area contributed by atoms with Gasteiger partial charge < -0.3 is 14.5 Å². The van der Waals surface area contributed by atoms with Gasteiger partial charge in [0.2, 0.25) is 0 Å². The van der Waals surface area contributed by atoms with E-state index in [0.29, 0.717) is 10.9 Å². The summed E-state index contributed by atoms with van der Waals surface area (Å²) in [5, 5.41) is 4.85. The van der Waals surface area contributed by atoms with Gasteiger partial charge in [-0.2, -0.15) is 32.0 Å². The fourth-order valence-electron chi connectivity index (χ4n) is 3.77. The largest absolute Gasteiger partial charge is 0.455 e. The summed E-state index contributed by atoms with van der Waals surface area (Å²) in [6.45, 7) is -4.77. The van der Waals surface area contributed by atoms with E-state index in [9.17, 15) is 31.5 Å². The number of halogens is 5. The first-order valence-corrected chi connectivity index (χ1v) is 10.5. The second-order valence-electron chi connectivity index (χ2n) is 7.82. The van der Waals surface area contributed by atoms with Crippen LogP contribution in [0, 0.1) is 0 Å². The lowest BCUT2D eigenvalue weighted by Gasteiger charge is -2.12. The molecule has 0 aliphatic rings. The van der Waals surface area contributed by atoms with E-state index in [1.165, 1.54) is 24.3 Å². The number of ether oxygens (including phenoxy) is 2. The number of aromatic nitrogens is 6. The van der Waals surface area contributed by atoms with Gasteiger partial charge >= 0.3 is 18.5 Å². The highest BCUT2D eigenvalue weighted by Crippen LogP contribution is 2.22. The van der Waals surface area contributed by atoms with Crippen molar-refractivity contribution in [2.45, 2.75) is 12.8 Å². The standard InChI is InChI=1S/C22H15F5N6O4/c1-31-9-11-8-13(4-7-15(11)30-31)33-18(34)16-17(29-20(28-16)36-10-22(25,26)27)32(21(33)35)12-2-5-14(6-3-12)37-19(23)24/h2-9,19H,10H2,1H3,(H,28,29). The third-order valence-corrected chi connectivity index (χ3v) is 5.23. The molecule has 192 valence electrons. The van der Waals surface area contributed by atoms with Crippen molar-refractivity contribution >= 4 is 22.1 Å². The first-order valence-electron chi connectivity index (χ1n) is 10.5. The van der Waals surface area contributed by atoms with Crippen LogP contribution in [0.4, 0.5) is 22.0 Å². The fraction of sp³-hybridized carbons (Fsp3) is 0.182. The Bertz CT molecular complexity index is 1730. The molecule has 1 N–H and O–H groups in total. The van der Waals surface area contributed by atoms with Gasteiger partial charge in [-0.1, -0.05) is 0 Å². The molecule has 0 saturated heterocycles. The summed E-state index contributed by atoms with van der Waals surface area (Å²) in [4.78, 5) is 33.2. The number of hydrogen-bond acceptors (Lipinski definition) is 6. The van der Waals surface area contributed by atoms with Crippen molar-refractivity contribution < 1.29 is 31.4 Å². The Labute approximate surface area is 202 Å². The van der Waals surface area contributed by atoms with Gasteiger partial charge in [0.25, 0.3) is 11.6 Å². The van der Waals surface area contributed by atoms with Crippen LogP contribution in [0.2, 0.25) is 0 Å². The minimum atomic E-state index is -4.68. The molecule has 0 fully saturated rings. The zero-order chi connectivity index (χ0) is 26.5. The Morgan fingerprint density at radius 2 is 1.73 bits per heavy atom. The first-order chi connectivity index (χ1) is 17.5. The quantitative estimate of drug-likeness (QED) is 0.343. The van der Waals surface area contributed by atoms with Crippen LogP contribution in [0.5, 0.6) is 11.8 Å². The van der Waals surface area contributed by atoms with Gasteiger partial charge in [0.15, 0.2) is 17.8 Å². The number of benzene rings is 2. The number of imidazole rings is 1. The zero-order valence-corrected chi connectivity index (χ0v) is 18.7. The summed E-state index contributed by atoms with van der Waals surface area (Å²) in [6.07, 6.45) is -3.01. The molecule has 0 aliphatic heterocycles. The van der Waals surface area contributed by atoms with E-state index in [-0.39, 0.29) is 28.3 Å². The van der Waals surface area contributed by atoms with Gasteiger partial charge in [-0.25, -0.2) is 13.9 Å². The van der Waals surface area contributed by atoms with Crippen LogP contribution >= 0.6 is 0 Å². The summed E-state index contributed by atoms with van der Waals surface area (Å²) in [7, 11) is 1.69. The topological polar surface area (TPSA) is 109 Å². The highest BCUT2D eigenvalue weighted by atomic mass is 19.4. The van der Waals surface area contributed by atoms with Crippen molar-refractivity contribution in [3.8, 4) is 23.1 Å². The van der Waals surface area contributed by atoms with Crippen LogP contribution in [0.15, 0.2) is 58.3 Å². The summed E-state index contributed by atoms with van der Waals surface area (Å²) < 4.78 is 75.3. The predicted molar refractivity (Wildman–Crippen MR) is 120 cm³/mol. The Hall–Kier alpha value is -4.69. The van der Waals surface area contributed by atoms with Crippen molar-refractivity contribution in [1.29, 1.82) is 0 Å². The number of aryl methyl sites for hydroxylation is 1. The Kier molecular flexibility index (Phi) is 5.69. The number of nitrogens with one attached hydrogen (secondary N) is 1. The van der Waals surface area contributed by atoms with Crippen molar-refractivity contribution in [2.24, 2.45) is 7.05 Å². The van der Waals surface area contributed by atoms with Crippen LogP contribution in [0.25, 0.3) is 33.4 Å². The molecule has 5 aromatic rings. The molecule has 0 unspecified atom stereocenters. The molecule has 15 heteroatoms. The molecule has 3 aromatic heterocycles. The minimum absolute atomic E-state index is 0.0710. The van der Waals surface area contributed by atoms with Crippen LogP contribution in [-0.4, -0.2) is 48.3 Å². The lowest BCUT2D eigenvalue weighted by molar-refractivity contribution is -0.154. The number of aromatic amines is 1. The molecule has 10 nitrogen and oxygen atoms in total. The van der Waals surface area contributed by atoms with Crippen LogP contribution in [-0.2, 0) is 7.05 Å². The van der Waals surface area contributed by atoms with Gasteiger partial charge in [0, 0.05) is 18.6 Å². The Morgan fingerprint density at radius 1 is 1.03 bits per heavy atom. The highest BCUT2D eigenvalue weighted by molar-refractivity contribution is 5.81. The van der Waals surface area contributed by atoms with E-state index in [1.54, 1.807) is 24.0 Å². The number of nitrogens with zero attached hydrogens (tertiary/aromatic N) is 5. The van der Waals surface area contributed by atoms with Crippen LogP contribution in [0.1, 0.15) is 0 Å². The maximum Gasteiger partial charge on any atom is 0.422 e. The SMILES string of the molecule is Cn1cc2cc(-n3c(=O)c4[nH]c(OCC(F)(F)F)nc4n(-c4ccc(OC(F)F)cc4)c3=O)ccc2n1. The van der Waals surface area contributed by atoms with Crippen molar-refractivity contribution in [2.75, 3.05) is 6.61 Å². The molecule has 0 saturated carbocycles. The molecule has 0 aliphatic carbocycles. The van der Waals surface area contributed by atoms with Crippen molar-refractivity contribution in [3.05, 3.63) is 69.5 Å². The molecule has 37 heavy (non-hydrogen) atoms. The third kappa shape index (κ3) is 4.62. The summed E-state index contributed by atoms with van der Waals surface area (Å²) >= 11 is 0. The Morgan fingerprint density at radius 3 is 2.41 bits per heavy atom. The van der Waals surface area contributed by atoms with E-state index in [0.717, 1.165) is 21.3 Å². The second-order valence-corrected chi connectivity index (χ2v) is 7.82. The van der Waals surface area contributed by atoms with E-state index < -0.39 is 36.7 Å². The monoisotopic (exact) mass is 522 g/mol. The maximum atomic E-state index is 13.6. The van der Waals surface area contributed by atoms with Gasteiger partial charge in [-0.15, -0.1) is 0 Å². The van der Waals surface area contributed by atoms with Crippen LogP contribution < -0.4 is 20.7 Å². The summed E-state index contributed by atoms with van der Waals surface area (Å²) in [6, 6.07) is 8.78. The van der Waals surface area contributed by atoms with Gasteiger partial charge in [-0.3, -0.25) is 9.48 Å². The van der Waals surface area contributed by atoms with Gasteiger partial charge in [-0.05, 0) is 42.5 Å². The summed E-state index contributed by atoms with van der Waals surface area (Å²) in [5.74, 6) is -0.199. The molecule has 0 atom stereocenters. The molecular formula is C22H15F5N6O4. The zero-order valence-electron chi connectivity index (χ0n) is 18.7. The first kappa shape index (κ1) is 24.0. The molecule has 2 aromatic carbocycles. The average molecular weight is 522 g/mol. The van der Waals surface area contributed by atoms with E-state index in [2.05, 4.69) is 24.5 Å². The van der Waals surface area contributed by atoms with Crippen molar-refractivity contribution in [3.63, 3.8) is 0 Å². The fourth-order valence-corrected chi connectivity index (χ4v) is 3.77. The highest BCUT2D eigenvalue weighted by Gasteiger charge is 2.29. The molecule has 0 radical (unpaired) electrons. The van der Waals surface area contributed by atoms with Gasteiger partial charge in [0.1, 0.15) is 5.75 Å². The molecule has 5 rings (SSSR count). The maximum absolute atomic E-state index is 13.6. The van der Waals surface area contributed by atoms with Gasteiger partial charge in [0.05, 0.1) is 16.9 Å². The minimum Gasteiger partial charge on any atom is -0.455 e. The molecule has 0 bridgehead atoms. The molecular weight excluding hydrogens is 507 g/mol. The average Bonchev–Trinajstić information content (AvgIpc) is 3.40. The Balaban J connectivity index is 1.74. The number of fused-ring (bicyclic) bond motifs is 2. The number of rotatable bonds is 6. The third-order valence-electron chi connectivity index (χ3n) is 5.23. The summed E-state index contributed by atoms with van der Waals surface area (Å²) in [5.41, 5.74) is -1.65. The van der Waals surface area contributed by atoms with Crippen molar-refractivity contribution in [1.82, 2.24) is 28.9 Å². The number of alkyl halides is 5. The lowest BCUT2D eigenvalue weighted by Crippen LogP contribution is -2.38. The number of H-pyrrole nitrogens is 1. The van der Waals surface area contributed by atoms with E-state index >= 15 is 0 Å². The second kappa shape index (κ2) is 8.76. The number of hydrogen-bond donors (Lipinski definition) is 1. The van der Waals surface area contributed by atoms with E-state index in [4.69, 9.17) is 0 Å². The van der Waals surface area contributed by atoms with Crippen LogP contribution in [0.3, 0.4) is 0 Å².